The SMILES string of the molecule is CC(C)c1cnn2c(NCc3cccc(CC(=O)C4CCCCN4C(=O)/C=C/CN(C)C)c3)nc(NC3CCOCC3)nc12. The van der Waals surface area contributed by atoms with E-state index in [0.717, 1.165) is 61.2 Å². The molecule has 0 aliphatic carbocycles. The van der Waals surface area contributed by atoms with Gasteiger partial charge in [0, 0.05) is 57.0 Å². The van der Waals surface area contributed by atoms with Crippen LogP contribution >= 0.6 is 0 Å². The Morgan fingerprint density at radius 1 is 1.11 bits per heavy atom. The summed E-state index contributed by atoms with van der Waals surface area (Å²) < 4.78 is 7.28. The summed E-state index contributed by atoms with van der Waals surface area (Å²) in [6.07, 6.45) is 10.0. The van der Waals surface area contributed by atoms with Gasteiger partial charge in [-0.2, -0.15) is 19.6 Å². The highest BCUT2D eigenvalue weighted by molar-refractivity contribution is 5.94. The highest BCUT2D eigenvalue weighted by atomic mass is 16.5. The molecule has 4 heterocycles. The number of hydrogen-bond donors (Lipinski definition) is 2. The molecule has 0 saturated carbocycles. The molecule has 2 aromatic heterocycles. The van der Waals surface area contributed by atoms with Crippen molar-refractivity contribution in [3.8, 4) is 0 Å². The van der Waals surface area contributed by atoms with Crippen molar-refractivity contribution in [1.29, 1.82) is 0 Å². The van der Waals surface area contributed by atoms with Gasteiger partial charge in [0.2, 0.25) is 17.8 Å². The fourth-order valence-electron chi connectivity index (χ4n) is 5.85. The van der Waals surface area contributed by atoms with E-state index in [1.165, 1.54) is 0 Å². The van der Waals surface area contributed by atoms with E-state index < -0.39 is 0 Å². The van der Waals surface area contributed by atoms with Gasteiger partial charge in [0.1, 0.15) is 0 Å². The predicted molar refractivity (Wildman–Crippen MR) is 172 cm³/mol. The van der Waals surface area contributed by atoms with Gasteiger partial charge in [-0.05, 0) is 63.2 Å². The maximum Gasteiger partial charge on any atom is 0.246 e. The molecule has 0 spiro atoms. The number of fused-ring (bicyclic) bond motifs is 1. The number of ether oxygens (including phenoxy) is 1. The highest BCUT2D eigenvalue weighted by Crippen LogP contribution is 2.24. The maximum atomic E-state index is 13.5. The second-order valence-corrected chi connectivity index (χ2v) is 12.4. The molecular weight excluding hydrogens is 556 g/mol. The van der Waals surface area contributed by atoms with Crippen LogP contribution in [0.2, 0.25) is 0 Å². The van der Waals surface area contributed by atoms with Crippen LogP contribution in [-0.2, 0) is 27.3 Å². The number of amides is 1. The minimum Gasteiger partial charge on any atom is -0.381 e. The number of hydrogen-bond acceptors (Lipinski definition) is 9. The van der Waals surface area contributed by atoms with Gasteiger partial charge in [-0.25, -0.2) is 0 Å². The van der Waals surface area contributed by atoms with Crippen molar-refractivity contribution in [2.75, 3.05) is 51.0 Å². The summed E-state index contributed by atoms with van der Waals surface area (Å²) >= 11 is 0. The summed E-state index contributed by atoms with van der Waals surface area (Å²) in [4.78, 5) is 39.8. The van der Waals surface area contributed by atoms with E-state index in [0.29, 0.717) is 38.0 Å². The number of rotatable bonds is 12. The molecule has 1 unspecified atom stereocenters. The molecular formula is C33H46N8O3. The van der Waals surface area contributed by atoms with Gasteiger partial charge in [0.25, 0.3) is 0 Å². The summed E-state index contributed by atoms with van der Waals surface area (Å²) in [5.74, 6) is 1.46. The van der Waals surface area contributed by atoms with Crippen molar-refractivity contribution in [3.63, 3.8) is 0 Å². The predicted octanol–water partition coefficient (Wildman–Crippen LogP) is 4.06. The standard InChI is InChI=1S/C33H46N8O3/c1-23(2)27-22-35-41-31(27)37-32(36-26-13-17-44-18-14-26)38-33(41)34-21-25-10-7-9-24(19-25)20-29(42)28-11-5-6-16-40(28)30(43)12-8-15-39(3)4/h7-10,12,19,22-23,26,28H,5-6,11,13-18,20-21H2,1-4H3,(H2,34,36,37,38)/b12-8+. The Bertz CT molecular complexity index is 1460. The average Bonchev–Trinajstić information content (AvgIpc) is 3.45. The molecule has 2 N–H and O–H groups in total. The van der Waals surface area contributed by atoms with Crippen LogP contribution in [0, 0.1) is 0 Å². The average molecular weight is 603 g/mol. The lowest BCUT2D eigenvalue weighted by Gasteiger charge is -2.34. The number of nitrogens with one attached hydrogen (secondary N) is 2. The first kappa shape index (κ1) is 31.6. The first-order chi connectivity index (χ1) is 21.3. The van der Waals surface area contributed by atoms with Crippen LogP contribution in [0.15, 0.2) is 42.6 Å². The molecule has 0 bridgehead atoms. The van der Waals surface area contributed by atoms with Gasteiger partial charge in [0.15, 0.2) is 11.4 Å². The lowest BCUT2D eigenvalue weighted by Crippen LogP contribution is -2.48. The lowest BCUT2D eigenvalue weighted by atomic mass is 9.94. The van der Waals surface area contributed by atoms with E-state index in [9.17, 15) is 9.59 Å². The molecule has 1 atom stereocenters. The molecule has 44 heavy (non-hydrogen) atoms. The van der Waals surface area contributed by atoms with Gasteiger partial charge in [-0.3, -0.25) is 9.59 Å². The molecule has 2 aliphatic heterocycles. The topological polar surface area (TPSA) is 117 Å². The van der Waals surface area contributed by atoms with E-state index in [4.69, 9.17) is 14.7 Å². The number of Topliss-reactive ketones (excluding diaryl/α,β-unsaturated/α-hetero) is 1. The molecule has 1 aromatic carbocycles. The number of piperidine rings is 1. The largest absolute Gasteiger partial charge is 0.381 e. The second kappa shape index (κ2) is 14.8. The quantitative estimate of drug-likeness (QED) is 0.296. The first-order valence-electron chi connectivity index (χ1n) is 15.8. The highest BCUT2D eigenvalue weighted by Gasteiger charge is 2.31. The van der Waals surface area contributed by atoms with Gasteiger partial charge < -0.3 is 25.2 Å². The number of anilines is 2. The van der Waals surface area contributed by atoms with E-state index in [1.807, 2.05) is 49.5 Å². The maximum absolute atomic E-state index is 13.5. The van der Waals surface area contributed by atoms with E-state index in [1.54, 1.807) is 15.5 Å². The van der Waals surface area contributed by atoms with Crippen molar-refractivity contribution in [3.05, 3.63) is 59.3 Å². The van der Waals surface area contributed by atoms with Crippen LogP contribution < -0.4 is 10.6 Å². The summed E-state index contributed by atoms with van der Waals surface area (Å²) in [7, 11) is 3.92. The second-order valence-electron chi connectivity index (χ2n) is 12.4. The summed E-state index contributed by atoms with van der Waals surface area (Å²) in [6, 6.07) is 7.94. The Kier molecular flexibility index (Phi) is 10.6. The Labute approximate surface area is 260 Å². The van der Waals surface area contributed by atoms with Crippen LogP contribution in [0.4, 0.5) is 11.9 Å². The summed E-state index contributed by atoms with van der Waals surface area (Å²) in [5.41, 5.74) is 3.82. The number of likely N-dealkylation sites (N-methyl/N-ethyl adjacent to an activating group) is 1. The zero-order valence-electron chi connectivity index (χ0n) is 26.5. The van der Waals surface area contributed by atoms with Crippen LogP contribution in [0.5, 0.6) is 0 Å². The van der Waals surface area contributed by atoms with Crippen LogP contribution in [0.25, 0.3) is 5.65 Å². The minimum absolute atomic E-state index is 0.0797. The molecule has 2 fully saturated rings. The fourth-order valence-corrected chi connectivity index (χ4v) is 5.85. The first-order valence-corrected chi connectivity index (χ1v) is 15.8. The zero-order chi connectivity index (χ0) is 31.1. The number of carbonyl (C=O) groups is 2. The van der Waals surface area contributed by atoms with Crippen molar-refractivity contribution < 1.29 is 14.3 Å². The van der Waals surface area contributed by atoms with Gasteiger partial charge in [-0.1, -0.05) is 44.2 Å². The molecule has 11 nitrogen and oxygen atoms in total. The zero-order valence-corrected chi connectivity index (χ0v) is 26.5. The Hall–Kier alpha value is -3.83. The van der Waals surface area contributed by atoms with Crippen LogP contribution in [0.1, 0.15) is 68.6 Å². The molecule has 236 valence electrons. The Balaban J connectivity index is 1.28. The van der Waals surface area contributed by atoms with Crippen molar-refractivity contribution in [1.82, 2.24) is 29.4 Å². The van der Waals surface area contributed by atoms with E-state index in [-0.39, 0.29) is 36.1 Å². The van der Waals surface area contributed by atoms with Crippen LogP contribution in [-0.4, -0.2) is 93.6 Å². The molecule has 5 rings (SSSR count). The third-order valence-electron chi connectivity index (χ3n) is 8.28. The van der Waals surface area contributed by atoms with E-state index >= 15 is 0 Å². The number of nitrogens with zero attached hydrogens (tertiary/aromatic N) is 6. The third kappa shape index (κ3) is 8.00. The minimum atomic E-state index is -0.382. The van der Waals surface area contributed by atoms with Gasteiger partial charge >= 0.3 is 0 Å². The summed E-state index contributed by atoms with van der Waals surface area (Å²) in [6.45, 7) is 7.55. The number of ketones is 1. The third-order valence-corrected chi connectivity index (χ3v) is 8.28. The smallest absolute Gasteiger partial charge is 0.246 e. The van der Waals surface area contributed by atoms with Crippen molar-refractivity contribution >= 4 is 29.2 Å². The summed E-state index contributed by atoms with van der Waals surface area (Å²) in [5, 5.41) is 11.6. The van der Waals surface area contributed by atoms with Crippen molar-refractivity contribution in [2.24, 2.45) is 0 Å². The number of aromatic nitrogens is 4. The number of carbonyl (C=O) groups excluding carboxylic acids is 2. The Morgan fingerprint density at radius 3 is 2.68 bits per heavy atom. The molecule has 0 radical (unpaired) electrons. The molecule has 2 saturated heterocycles. The number of benzene rings is 1. The molecule has 11 heteroatoms. The lowest BCUT2D eigenvalue weighted by molar-refractivity contribution is -0.137. The molecule has 2 aliphatic rings. The molecule has 3 aromatic rings. The normalized spacial score (nSPS) is 18.0. The van der Waals surface area contributed by atoms with E-state index in [2.05, 4.69) is 35.6 Å². The monoisotopic (exact) mass is 602 g/mol. The fraction of sp³-hybridized carbons (Fsp3) is 0.545. The van der Waals surface area contributed by atoms with Gasteiger partial charge in [-0.15, -0.1) is 0 Å². The van der Waals surface area contributed by atoms with Crippen molar-refractivity contribution in [2.45, 2.75) is 76.9 Å². The van der Waals surface area contributed by atoms with Gasteiger partial charge in [0.05, 0.1) is 12.2 Å². The Morgan fingerprint density at radius 2 is 1.91 bits per heavy atom. The van der Waals surface area contributed by atoms with Crippen LogP contribution in [0.3, 0.4) is 0 Å². The number of likely N-dealkylation sites (tertiary alicyclic amines) is 1. The molecule has 1 amide bonds.